The highest BCUT2D eigenvalue weighted by Crippen LogP contribution is 2.39. The normalized spacial score (nSPS) is 24.4. The summed E-state index contributed by atoms with van der Waals surface area (Å²) in [6, 6.07) is 9.38. The van der Waals surface area contributed by atoms with Crippen LogP contribution in [-0.2, 0) is 6.42 Å². The molecular formula is C26H22ClF2N5S. The molecule has 2 aromatic carbocycles. The van der Waals surface area contributed by atoms with Crippen LogP contribution in [0.5, 0.6) is 0 Å². The topological polar surface area (TPSA) is 56.3 Å². The van der Waals surface area contributed by atoms with Crippen LogP contribution in [0.4, 0.5) is 8.78 Å². The number of aromatic amines is 1. The van der Waals surface area contributed by atoms with Crippen molar-refractivity contribution in [1.82, 2.24) is 20.2 Å². The fourth-order valence-electron chi connectivity index (χ4n) is 5.33. The van der Waals surface area contributed by atoms with Crippen molar-refractivity contribution in [1.29, 1.82) is 0 Å². The number of imidazole rings is 1. The van der Waals surface area contributed by atoms with Gasteiger partial charge in [-0.15, -0.1) is 0 Å². The molecule has 35 heavy (non-hydrogen) atoms. The standard InChI is InChI=1S/C26H22ClF2N5S/c27-17-9-10-18(28)22(23(17)29)24-25(32-19-7-3-5-14-4-1-2-6-16(14)19)33-26(35)34(24)15-8-11-20-21(12-15)31-13-30-20/h1-2,4,6,9-13,15,19,24H,3,5,7-8H2,(H,30,31)(H,32,33,35). The average Bonchev–Trinajstić information content (AvgIpc) is 3.45. The summed E-state index contributed by atoms with van der Waals surface area (Å²) in [5.74, 6) is -1.06. The minimum atomic E-state index is -0.880. The number of aromatic nitrogens is 2. The Morgan fingerprint density at radius 3 is 2.91 bits per heavy atom. The van der Waals surface area contributed by atoms with Gasteiger partial charge < -0.3 is 15.2 Å². The maximum Gasteiger partial charge on any atom is 0.175 e. The van der Waals surface area contributed by atoms with E-state index in [1.807, 2.05) is 29.2 Å². The second kappa shape index (κ2) is 8.84. The third kappa shape index (κ3) is 3.85. The molecule has 3 aliphatic rings. The Labute approximate surface area is 211 Å². The van der Waals surface area contributed by atoms with Gasteiger partial charge in [-0.05, 0) is 67.2 Å². The number of thiocarbonyl (C=S) groups is 1. The third-order valence-corrected chi connectivity index (χ3v) is 7.57. The molecule has 3 unspecified atom stereocenters. The van der Waals surface area contributed by atoms with Crippen LogP contribution in [0.1, 0.15) is 48.0 Å². The maximum atomic E-state index is 15.4. The number of nitrogens with zero attached hydrogens (tertiary/aromatic N) is 3. The smallest absolute Gasteiger partial charge is 0.175 e. The first-order chi connectivity index (χ1) is 17.0. The van der Waals surface area contributed by atoms with Crippen molar-refractivity contribution in [3.8, 4) is 0 Å². The Bertz CT molecular complexity index is 1480. The van der Waals surface area contributed by atoms with Crippen molar-refractivity contribution < 1.29 is 8.78 Å². The summed E-state index contributed by atoms with van der Waals surface area (Å²) in [5, 5.41) is 5.12. The van der Waals surface area contributed by atoms with Gasteiger partial charge in [0.25, 0.3) is 0 Å². The van der Waals surface area contributed by atoms with Crippen molar-refractivity contribution in [3.63, 3.8) is 0 Å². The predicted octanol–water partition coefficient (Wildman–Crippen LogP) is 4.08. The number of nitrogens with one attached hydrogen (secondary N) is 2. The summed E-state index contributed by atoms with van der Waals surface area (Å²) in [5.41, 5.74) is 2.24. The molecule has 0 spiro atoms. The molecule has 0 bridgehead atoms. The number of benzene rings is 2. The van der Waals surface area contributed by atoms with Crippen LogP contribution >= 0.6 is 23.8 Å². The van der Waals surface area contributed by atoms with E-state index in [0.717, 1.165) is 35.5 Å². The quantitative estimate of drug-likeness (QED) is 0.412. The number of amidine groups is 1. The van der Waals surface area contributed by atoms with Crippen LogP contribution in [0.2, 0.25) is 5.02 Å². The Balaban J connectivity index is 1.49. The molecule has 1 fully saturated rings. The van der Waals surface area contributed by atoms with E-state index in [1.165, 1.54) is 17.7 Å². The highest BCUT2D eigenvalue weighted by atomic mass is 35.5. The fourth-order valence-corrected chi connectivity index (χ4v) is 5.84. The summed E-state index contributed by atoms with van der Waals surface area (Å²) in [6.45, 7) is 0. The van der Waals surface area contributed by atoms with Crippen molar-refractivity contribution in [2.45, 2.75) is 43.8 Å². The molecule has 2 aliphatic carbocycles. The molecule has 6 rings (SSSR count). The Hall–Kier alpha value is -3.10. The lowest BCUT2D eigenvalue weighted by atomic mass is 9.88. The molecule has 1 aliphatic heterocycles. The minimum absolute atomic E-state index is 0.126. The Kier molecular flexibility index (Phi) is 5.65. The molecule has 9 heteroatoms. The van der Waals surface area contributed by atoms with E-state index in [-0.39, 0.29) is 22.7 Å². The molecule has 178 valence electrons. The second-order valence-corrected chi connectivity index (χ2v) is 9.79. The lowest BCUT2D eigenvalue weighted by molar-refractivity contribution is 0.343. The lowest BCUT2D eigenvalue weighted by Gasteiger charge is -2.32. The van der Waals surface area contributed by atoms with Gasteiger partial charge in [-0.25, -0.2) is 13.8 Å². The number of aryl methyl sites for hydroxylation is 1. The number of aliphatic imine (C=N–C) groups is 1. The predicted molar refractivity (Wildman–Crippen MR) is 136 cm³/mol. The lowest BCUT2D eigenvalue weighted by Crippen LogP contribution is -2.43. The second-order valence-electron chi connectivity index (χ2n) is 8.99. The van der Waals surface area contributed by atoms with Crippen molar-refractivity contribution in [3.05, 3.63) is 86.8 Å². The van der Waals surface area contributed by atoms with E-state index in [4.69, 9.17) is 28.8 Å². The van der Waals surface area contributed by atoms with Gasteiger partial charge in [0, 0.05) is 0 Å². The average molecular weight is 510 g/mol. The van der Waals surface area contributed by atoms with Gasteiger partial charge >= 0.3 is 0 Å². The van der Waals surface area contributed by atoms with Crippen molar-refractivity contribution >= 4 is 46.9 Å². The molecule has 3 aromatic rings. The number of halogens is 3. The highest BCUT2D eigenvalue weighted by molar-refractivity contribution is 7.80. The van der Waals surface area contributed by atoms with Gasteiger partial charge in [-0.1, -0.05) is 41.9 Å². The molecule has 1 saturated heterocycles. The van der Waals surface area contributed by atoms with Crippen LogP contribution in [0.25, 0.3) is 12.2 Å². The zero-order valence-corrected chi connectivity index (χ0v) is 20.2. The molecule has 1 aromatic heterocycles. The fraction of sp³-hybridized carbons (Fsp3) is 0.269. The number of fused-ring (bicyclic) bond motifs is 2. The van der Waals surface area contributed by atoms with E-state index in [1.54, 1.807) is 6.33 Å². The van der Waals surface area contributed by atoms with Crippen molar-refractivity contribution in [2.75, 3.05) is 0 Å². The third-order valence-electron chi connectivity index (χ3n) is 6.96. The summed E-state index contributed by atoms with van der Waals surface area (Å²) in [6.07, 6.45) is 9.03. The van der Waals surface area contributed by atoms with Crippen LogP contribution in [-0.4, -0.2) is 31.9 Å². The van der Waals surface area contributed by atoms with Gasteiger partial charge in [0.1, 0.15) is 23.5 Å². The first kappa shape index (κ1) is 22.4. The molecule has 0 amide bonds. The Morgan fingerprint density at radius 1 is 1.17 bits per heavy atom. The number of hydrogen-bond donors (Lipinski definition) is 2. The molecule has 5 nitrogen and oxygen atoms in total. The molecule has 2 N–H and O–H groups in total. The van der Waals surface area contributed by atoms with E-state index >= 15 is 8.78 Å². The van der Waals surface area contributed by atoms with Crippen LogP contribution < -0.4 is 16.0 Å². The molecule has 0 saturated carbocycles. The highest BCUT2D eigenvalue weighted by Gasteiger charge is 2.43. The van der Waals surface area contributed by atoms with Gasteiger partial charge in [-0.3, -0.25) is 4.99 Å². The van der Waals surface area contributed by atoms with Crippen molar-refractivity contribution in [2.24, 2.45) is 4.99 Å². The monoisotopic (exact) mass is 509 g/mol. The molecule has 0 radical (unpaired) electrons. The molecule has 2 heterocycles. The van der Waals surface area contributed by atoms with E-state index in [2.05, 4.69) is 27.4 Å². The van der Waals surface area contributed by atoms with Gasteiger partial charge in [0.2, 0.25) is 0 Å². The van der Waals surface area contributed by atoms with Gasteiger partial charge in [-0.2, -0.15) is 0 Å². The van der Waals surface area contributed by atoms with Crippen LogP contribution in [0.15, 0.2) is 47.7 Å². The van der Waals surface area contributed by atoms with E-state index in [9.17, 15) is 0 Å². The van der Waals surface area contributed by atoms with E-state index < -0.39 is 17.7 Å². The number of H-pyrrole nitrogens is 1. The van der Waals surface area contributed by atoms with E-state index in [0.29, 0.717) is 17.4 Å². The largest absolute Gasteiger partial charge is 0.345 e. The SMILES string of the molecule is Fc1ccc(Cl)c(F)c1C1/C(=N/C2CCCc3ccccc32)NC(=S)N1C1C=c2[nH]cnc2=CC1. The summed E-state index contributed by atoms with van der Waals surface area (Å²) < 4.78 is 30.6. The summed E-state index contributed by atoms with van der Waals surface area (Å²) in [7, 11) is 0. The number of rotatable bonds is 3. The Morgan fingerprint density at radius 2 is 2.03 bits per heavy atom. The molecular weight excluding hydrogens is 488 g/mol. The zero-order valence-electron chi connectivity index (χ0n) is 18.6. The van der Waals surface area contributed by atoms with Gasteiger partial charge in [0.05, 0.1) is 39.7 Å². The van der Waals surface area contributed by atoms with Gasteiger partial charge in [0.15, 0.2) is 5.11 Å². The van der Waals surface area contributed by atoms with Crippen LogP contribution in [0, 0.1) is 11.6 Å². The van der Waals surface area contributed by atoms with Crippen LogP contribution in [0.3, 0.4) is 0 Å². The maximum absolute atomic E-state index is 15.4. The minimum Gasteiger partial charge on any atom is -0.345 e. The summed E-state index contributed by atoms with van der Waals surface area (Å²) >= 11 is 11.8. The molecule has 3 atom stereocenters. The summed E-state index contributed by atoms with van der Waals surface area (Å²) in [4.78, 5) is 14.3. The zero-order chi connectivity index (χ0) is 24.1. The first-order valence-corrected chi connectivity index (χ1v) is 12.4. The first-order valence-electron chi connectivity index (χ1n) is 11.6. The number of hydrogen-bond acceptors (Lipinski definition) is 3.